The van der Waals surface area contributed by atoms with Gasteiger partial charge in [0.2, 0.25) is 0 Å². The number of aliphatic carboxylic acids is 1. The first-order valence-electron chi connectivity index (χ1n) is 5.47. The fourth-order valence-corrected chi connectivity index (χ4v) is 2.04. The van der Waals surface area contributed by atoms with Crippen molar-refractivity contribution in [3.63, 3.8) is 0 Å². The largest absolute Gasteiger partial charge is 0.481 e. The lowest BCUT2D eigenvalue weighted by atomic mass is 9.73. The molecule has 0 aromatic carbocycles. The van der Waals surface area contributed by atoms with Gasteiger partial charge in [0.15, 0.2) is 0 Å². The van der Waals surface area contributed by atoms with Crippen LogP contribution in [0.5, 0.6) is 0 Å². The smallest absolute Gasteiger partial charge is 0.311 e. The van der Waals surface area contributed by atoms with E-state index >= 15 is 0 Å². The molecular weight excluding hydrogens is 194 g/mol. The zero-order valence-electron chi connectivity index (χ0n) is 9.71. The topological polar surface area (TPSA) is 69.6 Å². The number of nitrogens with one attached hydrogen (secondary N) is 1. The normalized spacial score (nSPS) is 30.5. The molecule has 2 unspecified atom stereocenters. The molecule has 15 heavy (non-hydrogen) atoms. The average Bonchev–Trinajstić information content (AvgIpc) is 2.53. The summed E-state index contributed by atoms with van der Waals surface area (Å²) in [6.07, 6.45) is 0.922. The molecule has 0 aliphatic carbocycles. The van der Waals surface area contributed by atoms with E-state index in [2.05, 4.69) is 5.32 Å². The fraction of sp³-hybridized carbons (Fsp3) is 0.909. The van der Waals surface area contributed by atoms with Crippen molar-refractivity contribution in [2.24, 2.45) is 11.3 Å². The van der Waals surface area contributed by atoms with Crippen LogP contribution in [0.15, 0.2) is 0 Å². The average molecular weight is 215 g/mol. The van der Waals surface area contributed by atoms with Crippen molar-refractivity contribution >= 4 is 5.97 Å². The van der Waals surface area contributed by atoms with Crippen molar-refractivity contribution in [3.8, 4) is 0 Å². The van der Waals surface area contributed by atoms with Crippen LogP contribution in [0.1, 0.15) is 33.6 Å². The molecular formula is C11H21NO3. The second-order valence-corrected chi connectivity index (χ2v) is 5.20. The summed E-state index contributed by atoms with van der Waals surface area (Å²) >= 11 is 0. The van der Waals surface area contributed by atoms with Gasteiger partial charge in [-0.2, -0.15) is 0 Å². The molecule has 0 spiro atoms. The summed E-state index contributed by atoms with van der Waals surface area (Å²) in [4.78, 5) is 11.3. The van der Waals surface area contributed by atoms with Gasteiger partial charge in [-0.1, -0.05) is 13.8 Å². The first-order valence-corrected chi connectivity index (χ1v) is 5.47. The molecule has 88 valence electrons. The van der Waals surface area contributed by atoms with Gasteiger partial charge >= 0.3 is 5.97 Å². The lowest BCUT2D eigenvalue weighted by Gasteiger charge is -2.35. The highest BCUT2D eigenvalue weighted by Crippen LogP contribution is 2.37. The molecule has 4 heteroatoms. The number of hydrogen-bond acceptors (Lipinski definition) is 3. The molecule has 0 aromatic rings. The van der Waals surface area contributed by atoms with Crippen LogP contribution >= 0.6 is 0 Å². The number of aliphatic hydroxyl groups is 1. The predicted octanol–water partition coefficient (Wildman–Crippen LogP) is 0.848. The summed E-state index contributed by atoms with van der Waals surface area (Å²) in [6.45, 7) is 6.74. The Bertz CT molecular complexity index is 242. The van der Waals surface area contributed by atoms with E-state index in [0.717, 1.165) is 6.54 Å². The van der Waals surface area contributed by atoms with Crippen LogP contribution in [0.25, 0.3) is 0 Å². The number of hydrogen-bond donors (Lipinski definition) is 3. The second kappa shape index (κ2) is 4.10. The second-order valence-electron chi connectivity index (χ2n) is 5.20. The summed E-state index contributed by atoms with van der Waals surface area (Å²) in [5.41, 5.74) is -1.70. The van der Waals surface area contributed by atoms with Crippen molar-refractivity contribution in [1.82, 2.24) is 5.32 Å². The SMILES string of the molecule is CC(C)C(C)(O)CC1(C(=O)O)CCNC1. The van der Waals surface area contributed by atoms with E-state index in [1.807, 2.05) is 13.8 Å². The van der Waals surface area contributed by atoms with Gasteiger partial charge in [0, 0.05) is 6.54 Å². The van der Waals surface area contributed by atoms with Crippen molar-refractivity contribution in [3.05, 3.63) is 0 Å². The van der Waals surface area contributed by atoms with E-state index in [1.54, 1.807) is 6.92 Å². The third kappa shape index (κ3) is 2.49. The minimum absolute atomic E-state index is 0.0642. The summed E-state index contributed by atoms with van der Waals surface area (Å²) in [5.74, 6) is -0.734. The monoisotopic (exact) mass is 215 g/mol. The van der Waals surface area contributed by atoms with Gasteiger partial charge in [-0.3, -0.25) is 4.79 Å². The van der Waals surface area contributed by atoms with Gasteiger partial charge in [-0.25, -0.2) is 0 Å². The van der Waals surface area contributed by atoms with Crippen LogP contribution in [0.4, 0.5) is 0 Å². The van der Waals surface area contributed by atoms with E-state index in [1.165, 1.54) is 0 Å². The Hall–Kier alpha value is -0.610. The van der Waals surface area contributed by atoms with E-state index in [-0.39, 0.29) is 5.92 Å². The number of carboxylic acids is 1. The van der Waals surface area contributed by atoms with Crippen molar-refractivity contribution in [2.45, 2.75) is 39.2 Å². The van der Waals surface area contributed by atoms with Gasteiger partial charge < -0.3 is 15.5 Å². The van der Waals surface area contributed by atoms with Crippen LogP contribution in [-0.4, -0.2) is 34.9 Å². The van der Waals surface area contributed by atoms with Crippen LogP contribution in [0.3, 0.4) is 0 Å². The molecule has 2 atom stereocenters. The lowest BCUT2D eigenvalue weighted by molar-refractivity contribution is -0.153. The maximum Gasteiger partial charge on any atom is 0.311 e. The van der Waals surface area contributed by atoms with E-state index in [9.17, 15) is 15.0 Å². The Labute approximate surface area is 90.7 Å². The van der Waals surface area contributed by atoms with Gasteiger partial charge in [0.1, 0.15) is 0 Å². The summed E-state index contributed by atoms with van der Waals surface area (Å²) < 4.78 is 0. The zero-order valence-corrected chi connectivity index (χ0v) is 9.71. The van der Waals surface area contributed by atoms with Crippen molar-refractivity contribution in [2.75, 3.05) is 13.1 Å². The number of carboxylic acid groups (broad SMARTS) is 1. The Morgan fingerprint density at radius 2 is 2.20 bits per heavy atom. The van der Waals surface area contributed by atoms with Crippen LogP contribution in [0.2, 0.25) is 0 Å². The molecule has 1 rings (SSSR count). The van der Waals surface area contributed by atoms with Crippen molar-refractivity contribution < 1.29 is 15.0 Å². The molecule has 0 radical (unpaired) electrons. The number of rotatable bonds is 4. The first kappa shape index (κ1) is 12.5. The predicted molar refractivity (Wildman–Crippen MR) is 57.6 cm³/mol. The first-order chi connectivity index (χ1) is 6.80. The minimum Gasteiger partial charge on any atom is -0.481 e. The maximum atomic E-state index is 11.3. The molecule has 0 amide bonds. The molecule has 1 aliphatic rings. The summed E-state index contributed by atoms with van der Waals surface area (Å²) in [7, 11) is 0. The van der Waals surface area contributed by atoms with E-state index in [0.29, 0.717) is 19.4 Å². The lowest BCUT2D eigenvalue weighted by Crippen LogP contribution is -2.44. The van der Waals surface area contributed by atoms with Gasteiger partial charge in [-0.05, 0) is 32.2 Å². The molecule has 1 aliphatic heterocycles. The molecule has 4 nitrogen and oxygen atoms in total. The third-order valence-electron chi connectivity index (χ3n) is 3.64. The van der Waals surface area contributed by atoms with Gasteiger partial charge in [-0.15, -0.1) is 0 Å². The Morgan fingerprint density at radius 3 is 2.53 bits per heavy atom. The zero-order chi connectivity index (χ0) is 11.7. The van der Waals surface area contributed by atoms with Gasteiger partial charge in [0.25, 0.3) is 0 Å². The Kier molecular flexibility index (Phi) is 3.41. The van der Waals surface area contributed by atoms with E-state index in [4.69, 9.17) is 0 Å². The summed E-state index contributed by atoms with van der Waals surface area (Å²) in [6, 6.07) is 0. The molecule has 1 fully saturated rings. The Balaban J connectivity index is 2.80. The quantitative estimate of drug-likeness (QED) is 0.650. The molecule has 0 aromatic heterocycles. The van der Waals surface area contributed by atoms with Crippen LogP contribution in [0, 0.1) is 11.3 Å². The highest BCUT2D eigenvalue weighted by atomic mass is 16.4. The molecule has 0 saturated carbocycles. The molecule has 1 heterocycles. The molecule has 3 N–H and O–H groups in total. The minimum atomic E-state index is -0.912. The molecule has 0 bridgehead atoms. The maximum absolute atomic E-state index is 11.3. The van der Waals surface area contributed by atoms with Crippen molar-refractivity contribution in [1.29, 1.82) is 0 Å². The van der Waals surface area contributed by atoms with Crippen LogP contribution < -0.4 is 5.32 Å². The Morgan fingerprint density at radius 1 is 1.60 bits per heavy atom. The highest BCUT2D eigenvalue weighted by molar-refractivity contribution is 5.75. The third-order valence-corrected chi connectivity index (χ3v) is 3.64. The highest BCUT2D eigenvalue weighted by Gasteiger charge is 2.46. The summed E-state index contributed by atoms with van der Waals surface area (Å²) in [5, 5.41) is 22.5. The van der Waals surface area contributed by atoms with Crippen LogP contribution in [-0.2, 0) is 4.79 Å². The molecule has 1 saturated heterocycles. The van der Waals surface area contributed by atoms with Gasteiger partial charge in [0.05, 0.1) is 11.0 Å². The number of carbonyl (C=O) groups is 1. The fourth-order valence-electron chi connectivity index (χ4n) is 2.04. The van der Waals surface area contributed by atoms with E-state index < -0.39 is 17.0 Å². The standard InChI is InChI=1S/C11H21NO3/c1-8(2)10(3,15)6-11(9(13)14)4-5-12-7-11/h8,12,15H,4-7H2,1-3H3,(H,13,14).